The van der Waals surface area contributed by atoms with E-state index in [1.807, 2.05) is 11.6 Å². The van der Waals surface area contributed by atoms with Crippen LogP contribution >= 0.6 is 11.8 Å². The lowest BCUT2D eigenvalue weighted by Gasteiger charge is -2.20. The van der Waals surface area contributed by atoms with Gasteiger partial charge in [-0.3, -0.25) is 4.79 Å². The predicted molar refractivity (Wildman–Crippen MR) is 102 cm³/mol. The molecule has 1 heterocycles. The molecule has 1 saturated carbocycles. The Hall–Kier alpha value is -1.96. The van der Waals surface area contributed by atoms with Crippen molar-refractivity contribution in [3.05, 3.63) is 35.7 Å². The Kier molecular flexibility index (Phi) is 6.82. The second-order valence-electron chi connectivity index (χ2n) is 6.96. The quantitative estimate of drug-likeness (QED) is 0.710. The van der Waals surface area contributed by atoms with E-state index in [0.717, 1.165) is 36.7 Å². The molecule has 0 spiro atoms. The second-order valence-corrected chi connectivity index (χ2v) is 7.90. The van der Waals surface area contributed by atoms with Crippen molar-refractivity contribution < 1.29 is 13.6 Å². The number of carbonyl (C=O) groups excluding carboxylic acids is 1. The molecule has 0 saturated heterocycles. The smallest absolute Gasteiger partial charge is 0.234 e. The summed E-state index contributed by atoms with van der Waals surface area (Å²) >= 11 is 1.25. The number of hydrogen-bond acceptors (Lipinski definition) is 4. The van der Waals surface area contributed by atoms with Gasteiger partial charge in [0.05, 0.1) is 11.4 Å². The Morgan fingerprint density at radius 2 is 2.04 bits per heavy atom. The standard InChI is InChI=1S/C19H24F2N4OS/c1-25-17(10-7-13-5-3-2-4-6-13)23-24-19(25)27-12-18(26)22-16-9-8-14(20)11-15(16)21/h8-9,11,13H,2-7,10,12H2,1H3,(H,22,26). The van der Waals surface area contributed by atoms with Crippen LogP contribution in [-0.2, 0) is 18.3 Å². The van der Waals surface area contributed by atoms with E-state index in [-0.39, 0.29) is 17.3 Å². The third-order valence-corrected chi connectivity index (χ3v) is 5.98. The van der Waals surface area contributed by atoms with Crippen LogP contribution in [0.4, 0.5) is 14.5 Å². The highest BCUT2D eigenvalue weighted by atomic mass is 32.2. The molecular weight excluding hydrogens is 370 g/mol. The molecule has 0 unspecified atom stereocenters. The van der Waals surface area contributed by atoms with E-state index in [0.29, 0.717) is 5.16 Å². The fourth-order valence-electron chi connectivity index (χ4n) is 3.40. The van der Waals surface area contributed by atoms with Crippen LogP contribution in [0.1, 0.15) is 44.3 Å². The molecule has 1 amide bonds. The molecule has 1 aliphatic rings. The summed E-state index contributed by atoms with van der Waals surface area (Å²) in [6.07, 6.45) is 8.63. The SMILES string of the molecule is Cn1c(CCC2CCCCC2)nnc1SCC(=O)Nc1ccc(F)cc1F. The monoisotopic (exact) mass is 394 g/mol. The van der Waals surface area contributed by atoms with E-state index in [1.54, 1.807) is 0 Å². The fourth-order valence-corrected chi connectivity index (χ4v) is 4.13. The number of aryl methyl sites for hydroxylation is 1. The Balaban J connectivity index is 1.49. The van der Waals surface area contributed by atoms with E-state index in [2.05, 4.69) is 15.5 Å². The first-order valence-corrected chi connectivity index (χ1v) is 10.3. The summed E-state index contributed by atoms with van der Waals surface area (Å²) in [6, 6.07) is 3.05. The van der Waals surface area contributed by atoms with Crippen LogP contribution in [0, 0.1) is 17.6 Å². The number of aromatic nitrogens is 3. The summed E-state index contributed by atoms with van der Waals surface area (Å²) in [5.41, 5.74) is -0.0341. The van der Waals surface area contributed by atoms with Gasteiger partial charge in [0, 0.05) is 19.5 Å². The van der Waals surface area contributed by atoms with Gasteiger partial charge in [-0.1, -0.05) is 43.9 Å². The van der Waals surface area contributed by atoms with Gasteiger partial charge in [0.2, 0.25) is 5.91 Å². The number of nitrogens with one attached hydrogen (secondary N) is 1. The molecule has 1 aliphatic carbocycles. The third-order valence-electron chi connectivity index (χ3n) is 4.96. The van der Waals surface area contributed by atoms with E-state index >= 15 is 0 Å². The van der Waals surface area contributed by atoms with Gasteiger partial charge >= 0.3 is 0 Å². The Morgan fingerprint density at radius 1 is 1.26 bits per heavy atom. The molecule has 146 valence electrons. The normalized spacial score (nSPS) is 15.1. The van der Waals surface area contributed by atoms with Crippen molar-refractivity contribution in [1.29, 1.82) is 0 Å². The van der Waals surface area contributed by atoms with Gasteiger partial charge in [0.1, 0.15) is 17.5 Å². The predicted octanol–water partition coefficient (Wildman–Crippen LogP) is 4.34. The van der Waals surface area contributed by atoms with Crippen LogP contribution in [0.2, 0.25) is 0 Å². The molecule has 1 aromatic carbocycles. The summed E-state index contributed by atoms with van der Waals surface area (Å²) in [7, 11) is 1.90. The Bertz CT molecular complexity index is 790. The highest BCUT2D eigenvalue weighted by molar-refractivity contribution is 7.99. The lowest BCUT2D eigenvalue weighted by molar-refractivity contribution is -0.113. The Morgan fingerprint density at radius 3 is 2.78 bits per heavy atom. The summed E-state index contributed by atoms with van der Waals surface area (Å²) in [5.74, 6) is -0.0733. The molecule has 1 N–H and O–H groups in total. The lowest BCUT2D eigenvalue weighted by Crippen LogP contribution is -2.15. The maximum Gasteiger partial charge on any atom is 0.234 e. The van der Waals surface area contributed by atoms with Crippen molar-refractivity contribution in [3.63, 3.8) is 0 Å². The molecule has 0 atom stereocenters. The molecule has 1 fully saturated rings. The highest BCUT2D eigenvalue weighted by Gasteiger charge is 2.17. The number of amides is 1. The zero-order chi connectivity index (χ0) is 19.2. The van der Waals surface area contributed by atoms with Crippen molar-refractivity contribution in [3.8, 4) is 0 Å². The van der Waals surface area contributed by atoms with Crippen molar-refractivity contribution in [2.45, 2.75) is 50.1 Å². The second kappa shape index (κ2) is 9.30. The van der Waals surface area contributed by atoms with Crippen molar-refractivity contribution >= 4 is 23.4 Å². The molecule has 3 rings (SSSR count). The van der Waals surface area contributed by atoms with E-state index in [1.165, 1.54) is 49.9 Å². The molecule has 27 heavy (non-hydrogen) atoms. The first-order chi connectivity index (χ1) is 13.0. The lowest BCUT2D eigenvalue weighted by atomic mass is 9.86. The number of nitrogens with zero attached hydrogens (tertiary/aromatic N) is 3. The zero-order valence-corrected chi connectivity index (χ0v) is 16.2. The zero-order valence-electron chi connectivity index (χ0n) is 15.4. The molecular formula is C19H24F2N4OS. The van der Waals surface area contributed by atoms with Crippen molar-refractivity contribution in [2.24, 2.45) is 13.0 Å². The largest absolute Gasteiger partial charge is 0.323 e. The van der Waals surface area contributed by atoms with Crippen molar-refractivity contribution in [2.75, 3.05) is 11.1 Å². The fraction of sp³-hybridized carbons (Fsp3) is 0.526. The number of carbonyl (C=O) groups is 1. The highest BCUT2D eigenvalue weighted by Crippen LogP contribution is 2.27. The first kappa shape index (κ1) is 19.8. The van der Waals surface area contributed by atoms with Crippen LogP contribution in [-0.4, -0.2) is 26.4 Å². The van der Waals surface area contributed by atoms with Gasteiger partial charge in [-0.15, -0.1) is 10.2 Å². The van der Waals surface area contributed by atoms with Gasteiger partial charge in [-0.2, -0.15) is 0 Å². The van der Waals surface area contributed by atoms with E-state index < -0.39 is 11.6 Å². The van der Waals surface area contributed by atoms with E-state index in [9.17, 15) is 13.6 Å². The number of benzene rings is 1. The van der Waals surface area contributed by atoms with Crippen molar-refractivity contribution in [1.82, 2.24) is 14.8 Å². The van der Waals surface area contributed by atoms with E-state index in [4.69, 9.17) is 0 Å². The van der Waals surface area contributed by atoms with Crippen LogP contribution in [0.3, 0.4) is 0 Å². The summed E-state index contributed by atoms with van der Waals surface area (Å²) in [4.78, 5) is 12.0. The molecule has 1 aromatic heterocycles. The minimum atomic E-state index is -0.794. The van der Waals surface area contributed by atoms with Crippen LogP contribution in [0.25, 0.3) is 0 Å². The third kappa shape index (κ3) is 5.51. The van der Waals surface area contributed by atoms with Gasteiger partial charge < -0.3 is 9.88 Å². The molecule has 8 heteroatoms. The minimum Gasteiger partial charge on any atom is -0.323 e. The molecule has 0 bridgehead atoms. The van der Waals surface area contributed by atoms with Crippen LogP contribution in [0.15, 0.2) is 23.4 Å². The molecule has 2 aromatic rings. The number of anilines is 1. The maximum absolute atomic E-state index is 13.6. The number of hydrogen-bond donors (Lipinski definition) is 1. The van der Waals surface area contributed by atoms with Gasteiger partial charge in [0.15, 0.2) is 5.16 Å². The topological polar surface area (TPSA) is 59.8 Å². The number of halogens is 2. The average Bonchev–Trinajstić information content (AvgIpc) is 3.01. The Labute approximate surface area is 161 Å². The summed E-state index contributed by atoms with van der Waals surface area (Å²) in [5, 5.41) is 11.5. The molecule has 0 radical (unpaired) electrons. The minimum absolute atomic E-state index is 0.0341. The van der Waals surface area contributed by atoms with Gasteiger partial charge in [-0.25, -0.2) is 8.78 Å². The molecule has 5 nitrogen and oxygen atoms in total. The van der Waals surface area contributed by atoms with Gasteiger partial charge in [-0.05, 0) is 24.5 Å². The summed E-state index contributed by atoms with van der Waals surface area (Å²) < 4.78 is 28.4. The summed E-state index contributed by atoms with van der Waals surface area (Å²) in [6.45, 7) is 0. The van der Waals surface area contributed by atoms with Crippen LogP contribution < -0.4 is 5.32 Å². The first-order valence-electron chi connectivity index (χ1n) is 9.29. The van der Waals surface area contributed by atoms with Crippen LogP contribution in [0.5, 0.6) is 0 Å². The number of thioether (sulfide) groups is 1. The maximum atomic E-state index is 13.6. The van der Waals surface area contributed by atoms with Gasteiger partial charge in [0.25, 0.3) is 0 Å². The number of rotatable bonds is 7. The molecule has 0 aliphatic heterocycles. The average molecular weight is 394 g/mol.